The normalized spacial score (nSPS) is 14.3. The molecule has 0 spiro atoms. The summed E-state index contributed by atoms with van der Waals surface area (Å²) in [4.78, 5) is 17.4. The molecule has 0 saturated heterocycles. The third-order valence-corrected chi connectivity index (χ3v) is 4.69. The maximum absolute atomic E-state index is 11.5. The number of carbonyl (C=O) groups is 1. The zero-order valence-corrected chi connectivity index (χ0v) is 15.2. The fourth-order valence-electron chi connectivity index (χ4n) is 2.16. The van der Waals surface area contributed by atoms with Crippen LogP contribution in [0.5, 0.6) is 0 Å². The highest BCUT2D eigenvalue weighted by Crippen LogP contribution is 2.28. The van der Waals surface area contributed by atoms with E-state index in [1.807, 2.05) is 17.8 Å². The number of nitrogens with one attached hydrogen (secondary N) is 3. The number of hydrogen-bond acceptors (Lipinski definition) is 3. The summed E-state index contributed by atoms with van der Waals surface area (Å²) < 4.78 is 0. The molecule has 0 aromatic heterocycles. The number of thioether (sulfide) groups is 1. The highest BCUT2D eigenvalue weighted by molar-refractivity contribution is 7.99. The number of guanidine groups is 1. The van der Waals surface area contributed by atoms with Crippen molar-refractivity contribution in [3.8, 4) is 0 Å². The lowest BCUT2D eigenvalue weighted by Gasteiger charge is -2.11. The summed E-state index contributed by atoms with van der Waals surface area (Å²) in [6, 6.07) is 10.4. The summed E-state index contributed by atoms with van der Waals surface area (Å²) in [5, 5.41) is 9.44. The zero-order chi connectivity index (χ0) is 17.0. The summed E-state index contributed by atoms with van der Waals surface area (Å²) >= 11 is 1.86. The lowest BCUT2D eigenvalue weighted by atomic mass is 10.4. The summed E-state index contributed by atoms with van der Waals surface area (Å²) in [5.74, 6) is 2.35. The van der Waals surface area contributed by atoms with E-state index >= 15 is 0 Å². The van der Waals surface area contributed by atoms with E-state index in [4.69, 9.17) is 0 Å². The Labute approximate surface area is 149 Å². The predicted molar refractivity (Wildman–Crippen MR) is 101 cm³/mol. The maximum Gasteiger partial charge on any atom is 0.223 e. The van der Waals surface area contributed by atoms with Crippen molar-refractivity contribution in [3.05, 3.63) is 30.3 Å². The van der Waals surface area contributed by atoms with Gasteiger partial charge in [0.1, 0.15) is 0 Å². The number of rotatable bonds is 10. The molecule has 0 bridgehead atoms. The van der Waals surface area contributed by atoms with Gasteiger partial charge in [-0.3, -0.25) is 9.79 Å². The molecule has 1 fully saturated rings. The molecule has 1 amide bonds. The molecule has 5 nitrogen and oxygen atoms in total. The van der Waals surface area contributed by atoms with Crippen LogP contribution in [0.25, 0.3) is 0 Å². The second kappa shape index (κ2) is 11.0. The summed E-state index contributed by atoms with van der Waals surface area (Å²) in [6.45, 7) is 5.02. The van der Waals surface area contributed by atoms with Crippen LogP contribution in [0.4, 0.5) is 0 Å². The Hall–Kier alpha value is -1.69. The van der Waals surface area contributed by atoms with E-state index in [1.165, 1.54) is 4.90 Å². The van der Waals surface area contributed by atoms with E-state index in [9.17, 15) is 4.79 Å². The standard InChI is InChI=1S/C18H28N4OS/c1-2-19-18(22-13-12-20-17(23)15-9-10-15)21-11-6-14-24-16-7-4-3-5-8-16/h3-5,7-8,15H,2,6,9-14H2,1H3,(H,20,23)(H2,19,21,22). The molecule has 6 heteroatoms. The molecule has 0 atom stereocenters. The van der Waals surface area contributed by atoms with Gasteiger partial charge in [-0.2, -0.15) is 0 Å². The fraction of sp³-hybridized carbons (Fsp3) is 0.556. The van der Waals surface area contributed by atoms with Gasteiger partial charge in [0.05, 0.1) is 0 Å². The minimum Gasteiger partial charge on any atom is -0.357 e. The number of amides is 1. The smallest absolute Gasteiger partial charge is 0.223 e. The van der Waals surface area contributed by atoms with Crippen LogP contribution < -0.4 is 16.0 Å². The lowest BCUT2D eigenvalue weighted by Crippen LogP contribution is -2.41. The van der Waals surface area contributed by atoms with Crippen molar-refractivity contribution in [2.24, 2.45) is 10.9 Å². The molecule has 1 aliphatic rings. The summed E-state index contributed by atoms with van der Waals surface area (Å²) in [5.41, 5.74) is 0. The van der Waals surface area contributed by atoms with Gasteiger partial charge in [0.15, 0.2) is 5.96 Å². The Morgan fingerprint density at radius 2 is 1.92 bits per heavy atom. The van der Waals surface area contributed by atoms with Crippen LogP contribution in [0, 0.1) is 5.92 Å². The Balaban J connectivity index is 1.57. The lowest BCUT2D eigenvalue weighted by molar-refractivity contribution is -0.122. The molecule has 0 unspecified atom stereocenters. The molecule has 1 aromatic rings. The SMILES string of the molecule is CCNC(=NCCCSc1ccccc1)NCCNC(=O)C1CC1. The van der Waals surface area contributed by atoms with Gasteiger partial charge >= 0.3 is 0 Å². The molecule has 0 aliphatic heterocycles. The van der Waals surface area contributed by atoms with Gasteiger partial charge in [0, 0.05) is 37.0 Å². The Morgan fingerprint density at radius 1 is 1.17 bits per heavy atom. The second-order valence-electron chi connectivity index (χ2n) is 5.77. The Bertz CT molecular complexity index is 517. The largest absolute Gasteiger partial charge is 0.357 e. The maximum atomic E-state index is 11.5. The molecule has 24 heavy (non-hydrogen) atoms. The first-order valence-electron chi connectivity index (χ1n) is 8.77. The van der Waals surface area contributed by atoms with Crippen molar-refractivity contribution in [1.82, 2.24) is 16.0 Å². The molecule has 1 aliphatic carbocycles. The van der Waals surface area contributed by atoms with Gasteiger partial charge in [0.25, 0.3) is 0 Å². The Morgan fingerprint density at radius 3 is 2.62 bits per heavy atom. The van der Waals surface area contributed by atoms with E-state index in [0.29, 0.717) is 13.1 Å². The molecule has 3 N–H and O–H groups in total. The van der Waals surface area contributed by atoms with Crippen LogP contribution >= 0.6 is 11.8 Å². The number of hydrogen-bond donors (Lipinski definition) is 3. The number of carbonyl (C=O) groups excluding carboxylic acids is 1. The van der Waals surface area contributed by atoms with Gasteiger partial charge in [-0.25, -0.2) is 0 Å². The molecular weight excluding hydrogens is 320 g/mol. The topological polar surface area (TPSA) is 65.5 Å². The Kier molecular flexibility index (Phi) is 8.52. The van der Waals surface area contributed by atoms with E-state index in [-0.39, 0.29) is 11.8 Å². The van der Waals surface area contributed by atoms with Crippen molar-refractivity contribution in [1.29, 1.82) is 0 Å². The van der Waals surface area contributed by atoms with Crippen LogP contribution in [0.15, 0.2) is 40.2 Å². The molecule has 0 radical (unpaired) electrons. The van der Waals surface area contributed by atoms with Crippen molar-refractivity contribution < 1.29 is 4.79 Å². The number of nitrogens with zero attached hydrogens (tertiary/aromatic N) is 1. The van der Waals surface area contributed by atoms with Crippen LogP contribution in [0.2, 0.25) is 0 Å². The van der Waals surface area contributed by atoms with E-state index in [0.717, 1.165) is 44.1 Å². The van der Waals surface area contributed by atoms with Crippen molar-refractivity contribution in [2.75, 3.05) is 31.9 Å². The molecule has 2 rings (SSSR count). The first-order valence-corrected chi connectivity index (χ1v) is 9.76. The predicted octanol–water partition coefficient (Wildman–Crippen LogP) is 2.25. The van der Waals surface area contributed by atoms with Gasteiger partial charge in [-0.1, -0.05) is 18.2 Å². The average Bonchev–Trinajstić information content (AvgIpc) is 3.44. The molecule has 1 aromatic carbocycles. The second-order valence-corrected chi connectivity index (χ2v) is 6.94. The van der Waals surface area contributed by atoms with Gasteiger partial charge < -0.3 is 16.0 Å². The highest BCUT2D eigenvalue weighted by atomic mass is 32.2. The van der Waals surface area contributed by atoms with Crippen molar-refractivity contribution >= 4 is 23.6 Å². The summed E-state index contributed by atoms with van der Waals surface area (Å²) in [7, 11) is 0. The number of benzene rings is 1. The highest BCUT2D eigenvalue weighted by Gasteiger charge is 2.28. The number of aliphatic imine (C=N–C) groups is 1. The van der Waals surface area contributed by atoms with Crippen LogP contribution in [-0.4, -0.2) is 43.8 Å². The van der Waals surface area contributed by atoms with Crippen LogP contribution in [0.3, 0.4) is 0 Å². The minimum atomic E-state index is 0.191. The van der Waals surface area contributed by atoms with Crippen molar-refractivity contribution in [2.45, 2.75) is 31.1 Å². The molecular formula is C18H28N4OS. The zero-order valence-electron chi connectivity index (χ0n) is 14.4. The quantitative estimate of drug-likeness (QED) is 0.263. The van der Waals surface area contributed by atoms with Crippen molar-refractivity contribution in [3.63, 3.8) is 0 Å². The molecule has 132 valence electrons. The average molecular weight is 349 g/mol. The van der Waals surface area contributed by atoms with E-state index in [1.54, 1.807) is 0 Å². The summed E-state index contributed by atoms with van der Waals surface area (Å²) in [6.07, 6.45) is 3.13. The van der Waals surface area contributed by atoms with E-state index in [2.05, 4.69) is 52.1 Å². The van der Waals surface area contributed by atoms with Gasteiger partial charge in [-0.05, 0) is 44.1 Å². The van der Waals surface area contributed by atoms with E-state index < -0.39 is 0 Å². The first-order chi connectivity index (χ1) is 11.8. The van der Waals surface area contributed by atoms with Crippen LogP contribution in [-0.2, 0) is 4.79 Å². The fourth-order valence-corrected chi connectivity index (χ4v) is 3.02. The third kappa shape index (κ3) is 7.73. The van der Waals surface area contributed by atoms with Gasteiger partial charge in [0.2, 0.25) is 5.91 Å². The molecule has 1 saturated carbocycles. The minimum absolute atomic E-state index is 0.191. The van der Waals surface area contributed by atoms with Crippen LogP contribution in [0.1, 0.15) is 26.2 Å². The monoisotopic (exact) mass is 348 g/mol. The van der Waals surface area contributed by atoms with Gasteiger partial charge in [-0.15, -0.1) is 11.8 Å². The molecule has 0 heterocycles. The first kappa shape index (κ1) is 18.6. The third-order valence-electron chi connectivity index (χ3n) is 3.59.